The third-order valence-electron chi connectivity index (χ3n) is 2.75. The quantitative estimate of drug-likeness (QED) is 0.911. The molecule has 0 unspecified atom stereocenters. The van der Waals surface area contributed by atoms with E-state index < -0.39 is 11.7 Å². The van der Waals surface area contributed by atoms with Gasteiger partial charge in [-0.3, -0.25) is 0 Å². The molecular weight excluding hydrogens is 253 g/mol. The molecule has 0 fully saturated rings. The van der Waals surface area contributed by atoms with Crippen LogP contribution >= 0.6 is 0 Å². The Balaban J connectivity index is 3.09. The summed E-state index contributed by atoms with van der Waals surface area (Å²) in [5.41, 5.74) is 6.25. The zero-order valence-corrected chi connectivity index (χ0v) is 11.8. The van der Waals surface area contributed by atoms with Crippen LogP contribution in [0, 0.1) is 5.41 Å². The summed E-state index contributed by atoms with van der Waals surface area (Å²) in [4.78, 5) is 1.95. The molecule has 2 N–H and O–H groups in total. The summed E-state index contributed by atoms with van der Waals surface area (Å²) in [6.45, 7) is 7.07. The predicted molar refractivity (Wildman–Crippen MR) is 72.1 cm³/mol. The summed E-state index contributed by atoms with van der Waals surface area (Å²) in [5.74, 6) is 0. The minimum atomic E-state index is -4.33. The monoisotopic (exact) mass is 274 g/mol. The van der Waals surface area contributed by atoms with Crippen molar-refractivity contribution in [2.24, 2.45) is 11.1 Å². The Bertz CT molecular complexity index is 433. The maximum atomic E-state index is 12.7. The van der Waals surface area contributed by atoms with Gasteiger partial charge < -0.3 is 10.6 Å². The van der Waals surface area contributed by atoms with Gasteiger partial charge in [-0.2, -0.15) is 13.2 Å². The molecule has 1 aromatic rings. The molecule has 0 saturated carbocycles. The van der Waals surface area contributed by atoms with Gasteiger partial charge in [-0.05, 0) is 29.2 Å². The van der Waals surface area contributed by atoms with Crippen molar-refractivity contribution in [1.82, 2.24) is 0 Å². The molecule has 0 aliphatic rings. The first-order valence-electron chi connectivity index (χ1n) is 6.16. The van der Waals surface area contributed by atoms with Gasteiger partial charge in [0.05, 0.1) is 5.56 Å². The van der Waals surface area contributed by atoms with E-state index in [9.17, 15) is 13.2 Å². The number of hydrogen-bond donors (Lipinski definition) is 1. The van der Waals surface area contributed by atoms with Crippen LogP contribution in [0.2, 0.25) is 0 Å². The molecule has 0 heterocycles. The van der Waals surface area contributed by atoms with Crippen molar-refractivity contribution in [2.45, 2.75) is 33.5 Å². The number of nitrogens with zero attached hydrogens (tertiary/aromatic N) is 1. The van der Waals surface area contributed by atoms with Crippen LogP contribution < -0.4 is 10.6 Å². The van der Waals surface area contributed by atoms with Crippen LogP contribution in [-0.2, 0) is 12.7 Å². The first-order valence-corrected chi connectivity index (χ1v) is 6.16. The van der Waals surface area contributed by atoms with Crippen LogP contribution in [0.25, 0.3) is 0 Å². The van der Waals surface area contributed by atoms with Crippen LogP contribution in [0.3, 0.4) is 0 Å². The number of nitrogens with two attached hydrogens (primary N) is 1. The lowest BCUT2D eigenvalue weighted by Crippen LogP contribution is -2.30. The van der Waals surface area contributed by atoms with E-state index in [-0.39, 0.29) is 12.0 Å². The van der Waals surface area contributed by atoms with Crippen molar-refractivity contribution in [3.05, 3.63) is 29.3 Å². The molecule has 0 aliphatic heterocycles. The van der Waals surface area contributed by atoms with E-state index in [0.29, 0.717) is 5.56 Å². The van der Waals surface area contributed by atoms with Crippen LogP contribution in [0.1, 0.15) is 31.9 Å². The van der Waals surface area contributed by atoms with Crippen LogP contribution in [-0.4, -0.2) is 13.6 Å². The van der Waals surface area contributed by atoms with E-state index in [4.69, 9.17) is 5.73 Å². The molecule has 0 aromatic heterocycles. The van der Waals surface area contributed by atoms with Gasteiger partial charge in [0.2, 0.25) is 0 Å². The van der Waals surface area contributed by atoms with Gasteiger partial charge >= 0.3 is 6.18 Å². The summed E-state index contributed by atoms with van der Waals surface area (Å²) >= 11 is 0. The van der Waals surface area contributed by atoms with Crippen molar-refractivity contribution in [1.29, 1.82) is 0 Å². The average Bonchev–Trinajstić information content (AvgIpc) is 2.24. The molecule has 0 aliphatic carbocycles. The Morgan fingerprint density at radius 3 is 2.16 bits per heavy atom. The molecule has 0 amide bonds. The largest absolute Gasteiger partial charge is 0.416 e. The first kappa shape index (κ1) is 15.8. The van der Waals surface area contributed by atoms with Gasteiger partial charge in [-0.25, -0.2) is 0 Å². The molecule has 1 aromatic carbocycles. The fourth-order valence-electron chi connectivity index (χ4n) is 2.09. The molecule has 0 radical (unpaired) electrons. The highest BCUT2D eigenvalue weighted by atomic mass is 19.4. The third-order valence-corrected chi connectivity index (χ3v) is 2.75. The van der Waals surface area contributed by atoms with E-state index in [1.165, 1.54) is 6.07 Å². The summed E-state index contributed by atoms with van der Waals surface area (Å²) in [6, 6.07) is 3.74. The molecule has 5 heteroatoms. The summed E-state index contributed by atoms with van der Waals surface area (Å²) < 4.78 is 38.0. The van der Waals surface area contributed by atoms with Crippen molar-refractivity contribution in [3.8, 4) is 0 Å². The Morgan fingerprint density at radius 1 is 1.16 bits per heavy atom. The van der Waals surface area contributed by atoms with Crippen LogP contribution in [0.15, 0.2) is 18.2 Å². The number of anilines is 1. The fraction of sp³-hybridized carbons (Fsp3) is 0.571. The number of hydrogen-bond acceptors (Lipinski definition) is 2. The Kier molecular flexibility index (Phi) is 4.50. The Hall–Kier alpha value is -1.23. The molecule has 0 saturated heterocycles. The van der Waals surface area contributed by atoms with Crippen LogP contribution in [0.4, 0.5) is 18.9 Å². The van der Waals surface area contributed by atoms with Crippen molar-refractivity contribution < 1.29 is 13.2 Å². The van der Waals surface area contributed by atoms with E-state index in [0.717, 1.165) is 24.4 Å². The highest BCUT2D eigenvalue weighted by molar-refractivity contribution is 5.55. The van der Waals surface area contributed by atoms with Crippen LogP contribution in [0.5, 0.6) is 0 Å². The molecule has 0 atom stereocenters. The second-order valence-electron chi connectivity index (χ2n) is 5.96. The van der Waals surface area contributed by atoms with Crippen molar-refractivity contribution >= 4 is 5.69 Å². The lowest BCUT2D eigenvalue weighted by atomic mass is 9.95. The highest BCUT2D eigenvalue weighted by Gasteiger charge is 2.31. The van der Waals surface area contributed by atoms with Gasteiger partial charge in [0.25, 0.3) is 0 Å². The number of halogens is 3. The number of benzene rings is 1. The first-order chi connectivity index (χ1) is 8.54. The lowest BCUT2D eigenvalue weighted by Gasteiger charge is -2.30. The topological polar surface area (TPSA) is 29.3 Å². The second kappa shape index (κ2) is 5.41. The van der Waals surface area contributed by atoms with Gasteiger partial charge in [-0.15, -0.1) is 0 Å². The zero-order chi connectivity index (χ0) is 14.8. The standard InChI is InChI=1S/C14H21F3N2/c1-13(2,3)9-19(4)12-6-5-11(14(15,16)17)7-10(12)8-18/h5-7H,8-9,18H2,1-4H3. The van der Waals surface area contributed by atoms with Crippen molar-refractivity contribution in [2.75, 3.05) is 18.5 Å². The summed E-state index contributed by atoms with van der Waals surface area (Å²) in [6.07, 6.45) is -4.33. The molecule has 0 bridgehead atoms. The minimum Gasteiger partial charge on any atom is -0.374 e. The van der Waals surface area contributed by atoms with E-state index in [1.54, 1.807) is 0 Å². The van der Waals surface area contributed by atoms with E-state index in [2.05, 4.69) is 20.8 Å². The SMILES string of the molecule is CN(CC(C)(C)C)c1ccc(C(F)(F)F)cc1CN. The number of alkyl halides is 3. The Labute approximate surface area is 112 Å². The smallest absolute Gasteiger partial charge is 0.374 e. The maximum absolute atomic E-state index is 12.7. The van der Waals surface area contributed by atoms with Gasteiger partial charge in [-0.1, -0.05) is 20.8 Å². The fourth-order valence-corrected chi connectivity index (χ4v) is 2.09. The Morgan fingerprint density at radius 2 is 1.74 bits per heavy atom. The summed E-state index contributed by atoms with van der Waals surface area (Å²) in [7, 11) is 1.87. The van der Waals surface area contributed by atoms with Gasteiger partial charge in [0.1, 0.15) is 0 Å². The molecule has 2 nitrogen and oxygen atoms in total. The predicted octanol–water partition coefficient (Wildman–Crippen LogP) is 3.65. The number of rotatable bonds is 3. The maximum Gasteiger partial charge on any atom is 0.416 e. The molecule has 1 rings (SSSR count). The van der Waals surface area contributed by atoms with E-state index >= 15 is 0 Å². The second-order valence-corrected chi connectivity index (χ2v) is 5.96. The van der Waals surface area contributed by atoms with Crippen molar-refractivity contribution in [3.63, 3.8) is 0 Å². The molecule has 108 valence electrons. The lowest BCUT2D eigenvalue weighted by molar-refractivity contribution is -0.137. The molecule has 19 heavy (non-hydrogen) atoms. The third kappa shape index (κ3) is 4.42. The normalized spacial score (nSPS) is 12.6. The van der Waals surface area contributed by atoms with Gasteiger partial charge in [0, 0.05) is 25.8 Å². The molecule has 0 spiro atoms. The molecular formula is C14H21F3N2. The van der Waals surface area contributed by atoms with Gasteiger partial charge in [0.15, 0.2) is 0 Å². The average molecular weight is 274 g/mol. The highest BCUT2D eigenvalue weighted by Crippen LogP contribution is 2.33. The van der Waals surface area contributed by atoms with E-state index in [1.807, 2.05) is 11.9 Å². The summed E-state index contributed by atoms with van der Waals surface area (Å²) in [5, 5.41) is 0. The zero-order valence-electron chi connectivity index (χ0n) is 11.8. The minimum absolute atomic E-state index is 0.0588.